The van der Waals surface area contributed by atoms with Crippen molar-refractivity contribution in [2.75, 3.05) is 17.8 Å². The van der Waals surface area contributed by atoms with Crippen molar-refractivity contribution in [3.8, 4) is 16.9 Å². The van der Waals surface area contributed by atoms with Gasteiger partial charge in [-0.15, -0.1) is 11.3 Å². The van der Waals surface area contributed by atoms with Gasteiger partial charge in [-0.1, -0.05) is 40.9 Å². The number of thiophene rings is 1. The Balaban J connectivity index is 1.71. The fourth-order valence-electron chi connectivity index (χ4n) is 3.66. The number of sulfonamides is 1. The molecule has 188 valence electrons. The summed E-state index contributed by atoms with van der Waals surface area (Å²) in [4.78, 5) is 0. The second-order valence-corrected chi connectivity index (χ2v) is 12.5. The first kappa shape index (κ1) is 26.4. The molecular weight excluding hydrogens is 568 g/mol. The number of anilines is 1. The summed E-state index contributed by atoms with van der Waals surface area (Å²) >= 11 is 19.0. The van der Waals surface area contributed by atoms with Gasteiger partial charge in [0.05, 0.1) is 25.6 Å². The Kier molecular flexibility index (Phi) is 7.27. The molecule has 0 saturated carbocycles. The molecule has 0 bridgehead atoms. The number of nitrogens with one attached hydrogen (secondary N) is 2. The fourth-order valence-corrected chi connectivity index (χ4v) is 6.91. The van der Waals surface area contributed by atoms with Gasteiger partial charge in [0, 0.05) is 24.6 Å². The van der Waals surface area contributed by atoms with E-state index in [0.29, 0.717) is 30.1 Å². The van der Waals surface area contributed by atoms with E-state index in [9.17, 15) is 21.6 Å². The highest BCUT2D eigenvalue weighted by Crippen LogP contribution is 2.42. The molecule has 0 amide bonds. The molecule has 2 aromatic carbocycles. The zero-order valence-electron chi connectivity index (χ0n) is 18.0. The molecule has 1 fully saturated rings. The van der Waals surface area contributed by atoms with E-state index >= 15 is 0 Å². The molecule has 1 saturated heterocycles. The molecule has 5 nitrogen and oxygen atoms in total. The minimum Gasteiger partial charge on any atom is -0.485 e. The van der Waals surface area contributed by atoms with Crippen LogP contribution >= 0.6 is 46.1 Å². The number of hydrogen-bond donors (Lipinski definition) is 2. The molecule has 0 unspecified atom stereocenters. The van der Waals surface area contributed by atoms with Gasteiger partial charge in [-0.25, -0.2) is 8.42 Å². The molecule has 13 heteroatoms. The van der Waals surface area contributed by atoms with E-state index in [2.05, 4.69) is 10.0 Å². The number of ether oxygens (including phenoxy) is 1. The minimum absolute atomic E-state index is 0.0906. The third-order valence-corrected chi connectivity index (χ3v) is 9.29. The summed E-state index contributed by atoms with van der Waals surface area (Å²) in [6.45, 7) is 2.66. The van der Waals surface area contributed by atoms with Crippen LogP contribution in [0.5, 0.6) is 5.75 Å². The highest BCUT2D eigenvalue weighted by Gasteiger charge is 2.38. The fraction of sp³-hybridized carbons (Fsp3) is 0.273. The first-order valence-corrected chi connectivity index (χ1v) is 13.6. The van der Waals surface area contributed by atoms with Crippen molar-refractivity contribution in [1.29, 1.82) is 0 Å². The van der Waals surface area contributed by atoms with Crippen molar-refractivity contribution < 1.29 is 26.3 Å². The zero-order valence-corrected chi connectivity index (χ0v) is 21.9. The third kappa shape index (κ3) is 5.84. The van der Waals surface area contributed by atoms with E-state index in [1.807, 2.05) is 0 Å². The predicted octanol–water partition coefficient (Wildman–Crippen LogP) is 7.33. The number of hydrogen-bond acceptors (Lipinski definition) is 5. The van der Waals surface area contributed by atoms with Crippen molar-refractivity contribution in [2.45, 2.75) is 29.3 Å². The van der Waals surface area contributed by atoms with Gasteiger partial charge in [-0.05, 0) is 49.4 Å². The van der Waals surface area contributed by atoms with Crippen molar-refractivity contribution in [3.63, 3.8) is 0 Å². The molecule has 1 atom stereocenters. The molecular formula is C22H18Cl3F3N2O3S2. The minimum atomic E-state index is -4.68. The van der Waals surface area contributed by atoms with Crippen LogP contribution in [0.1, 0.15) is 18.9 Å². The van der Waals surface area contributed by atoms with E-state index in [1.54, 1.807) is 13.0 Å². The SMILES string of the molecule is C[C@@]1(Oc2cc(NS(=O)(=O)c3sc(Cl)cc3-c3ccc(Cl)c(Cl)c3)ccc2C(F)(F)F)CCNC1. The van der Waals surface area contributed by atoms with Crippen LogP contribution in [0.2, 0.25) is 14.4 Å². The Hall–Kier alpha value is -1.69. The maximum Gasteiger partial charge on any atom is 0.419 e. The van der Waals surface area contributed by atoms with Gasteiger partial charge in [0.1, 0.15) is 15.6 Å². The van der Waals surface area contributed by atoms with Crippen LogP contribution < -0.4 is 14.8 Å². The average Bonchev–Trinajstić information content (AvgIpc) is 3.35. The van der Waals surface area contributed by atoms with Crippen LogP contribution in [0.25, 0.3) is 11.1 Å². The first-order valence-electron chi connectivity index (χ1n) is 10.2. The number of halogens is 6. The summed E-state index contributed by atoms with van der Waals surface area (Å²) in [7, 11) is -4.24. The Morgan fingerprint density at radius 1 is 1.09 bits per heavy atom. The van der Waals surface area contributed by atoms with Gasteiger partial charge in [0.15, 0.2) is 0 Å². The van der Waals surface area contributed by atoms with E-state index in [0.717, 1.165) is 29.5 Å². The van der Waals surface area contributed by atoms with Crippen molar-refractivity contribution in [2.24, 2.45) is 0 Å². The van der Waals surface area contributed by atoms with Crippen LogP contribution in [0.4, 0.5) is 18.9 Å². The number of alkyl halides is 3. The van der Waals surface area contributed by atoms with Crippen molar-refractivity contribution in [3.05, 3.63) is 62.4 Å². The molecule has 2 N–H and O–H groups in total. The Bertz CT molecular complexity index is 1370. The van der Waals surface area contributed by atoms with E-state index in [4.69, 9.17) is 39.5 Å². The Labute approximate surface area is 219 Å². The topological polar surface area (TPSA) is 67.4 Å². The lowest BCUT2D eigenvalue weighted by molar-refractivity contribution is -0.139. The normalized spacial score (nSPS) is 18.6. The predicted molar refractivity (Wildman–Crippen MR) is 134 cm³/mol. The van der Waals surface area contributed by atoms with E-state index in [1.165, 1.54) is 18.2 Å². The largest absolute Gasteiger partial charge is 0.485 e. The van der Waals surface area contributed by atoms with Gasteiger partial charge in [0.25, 0.3) is 10.0 Å². The Morgan fingerprint density at radius 3 is 2.46 bits per heavy atom. The van der Waals surface area contributed by atoms with Crippen molar-refractivity contribution in [1.82, 2.24) is 5.32 Å². The van der Waals surface area contributed by atoms with Crippen molar-refractivity contribution >= 4 is 61.9 Å². The van der Waals surface area contributed by atoms with Gasteiger partial charge >= 0.3 is 6.18 Å². The standard InChI is InChI=1S/C22H18Cl3F3N2O3S2/c1-21(6-7-29-11-21)33-18-9-13(3-4-15(18)22(26,27)28)30-35(31,32)20-14(10-19(25)34-20)12-2-5-16(23)17(24)8-12/h2-5,8-10,29-30H,6-7,11H2,1H3/t21-/m1/s1. The number of rotatable bonds is 6. The number of benzene rings is 2. The molecule has 3 aromatic rings. The smallest absolute Gasteiger partial charge is 0.419 e. The summed E-state index contributed by atoms with van der Waals surface area (Å²) in [6, 6.07) is 8.95. The monoisotopic (exact) mass is 584 g/mol. The van der Waals surface area contributed by atoms with E-state index in [-0.39, 0.29) is 24.8 Å². The maximum atomic E-state index is 13.6. The highest BCUT2D eigenvalue weighted by molar-refractivity contribution is 7.94. The van der Waals surface area contributed by atoms with E-state index < -0.39 is 33.1 Å². The highest BCUT2D eigenvalue weighted by atomic mass is 35.5. The molecule has 0 spiro atoms. The molecule has 2 heterocycles. The lowest BCUT2D eigenvalue weighted by Gasteiger charge is -2.27. The summed E-state index contributed by atoms with van der Waals surface area (Å²) in [5.74, 6) is -0.460. The molecule has 0 radical (unpaired) electrons. The molecule has 1 aromatic heterocycles. The lowest BCUT2D eigenvalue weighted by atomic mass is 10.1. The second-order valence-electron chi connectivity index (χ2n) is 8.17. The summed E-state index contributed by atoms with van der Waals surface area (Å²) in [5, 5.41) is 3.57. The maximum absolute atomic E-state index is 13.6. The summed E-state index contributed by atoms with van der Waals surface area (Å²) in [6.07, 6.45) is -4.18. The quantitative estimate of drug-likeness (QED) is 0.318. The lowest BCUT2D eigenvalue weighted by Crippen LogP contribution is -2.35. The average molecular weight is 586 g/mol. The van der Waals surface area contributed by atoms with Crippen LogP contribution in [-0.4, -0.2) is 27.1 Å². The Morgan fingerprint density at radius 2 is 1.83 bits per heavy atom. The summed E-state index contributed by atoms with van der Waals surface area (Å²) < 4.78 is 75.5. The van der Waals surface area contributed by atoms with Gasteiger partial charge in [0.2, 0.25) is 0 Å². The van der Waals surface area contributed by atoms with Crippen LogP contribution in [0.3, 0.4) is 0 Å². The first-order chi connectivity index (χ1) is 16.3. The van der Waals surface area contributed by atoms with Crippen LogP contribution in [-0.2, 0) is 16.2 Å². The van der Waals surface area contributed by atoms with Crippen LogP contribution in [0.15, 0.2) is 46.7 Å². The zero-order chi connectivity index (χ0) is 25.6. The second kappa shape index (κ2) is 9.64. The van der Waals surface area contributed by atoms with Gasteiger partial charge < -0.3 is 10.1 Å². The molecule has 35 heavy (non-hydrogen) atoms. The van der Waals surface area contributed by atoms with Gasteiger partial charge in [-0.2, -0.15) is 13.2 Å². The third-order valence-electron chi connectivity index (χ3n) is 5.37. The van der Waals surface area contributed by atoms with Gasteiger partial charge in [-0.3, -0.25) is 4.72 Å². The van der Waals surface area contributed by atoms with Crippen LogP contribution in [0, 0.1) is 0 Å². The molecule has 1 aliphatic rings. The molecule has 0 aliphatic carbocycles. The molecule has 1 aliphatic heterocycles. The summed E-state index contributed by atoms with van der Waals surface area (Å²) in [5.41, 5.74) is -1.21. The molecule has 4 rings (SSSR count).